The Balaban J connectivity index is 1.78. The monoisotopic (exact) mass is 266 g/mol. The zero-order valence-electron chi connectivity index (χ0n) is 11.1. The van der Waals surface area contributed by atoms with Crippen molar-refractivity contribution in [1.82, 2.24) is 5.16 Å². The molecular weight excluding hydrogens is 252 g/mol. The van der Waals surface area contributed by atoms with Gasteiger partial charge in [0.1, 0.15) is 5.69 Å². The number of benzene rings is 2. The first-order chi connectivity index (χ1) is 9.74. The molecule has 0 saturated heterocycles. The van der Waals surface area contributed by atoms with E-state index in [0.29, 0.717) is 11.3 Å². The van der Waals surface area contributed by atoms with Crippen molar-refractivity contribution in [2.75, 3.05) is 5.32 Å². The van der Waals surface area contributed by atoms with Crippen molar-refractivity contribution < 1.29 is 9.32 Å². The van der Waals surface area contributed by atoms with Gasteiger partial charge < -0.3 is 9.84 Å². The van der Waals surface area contributed by atoms with E-state index in [1.807, 2.05) is 55.5 Å². The molecule has 1 heterocycles. The van der Waals surface area contributed by atoms with Crippen molar-refractivity contribution in [3.8, 4) is 0 Å². The minimum atomic E-state index is -0.0987. The number of nitrogens with one attached hydrogen (secondary N) is 1. The van der Waals surface area contributed by atoms with Crippen LogP contribution in [0.4, 0.5) is 5.69 Å². The van der Waals surface area contributed by atoms with E-state index in [2.05, 4.69) is 10.5 Å². The molecule has 1 aromatic heterocycles. The Labute approximate surface area is 116 Å². The van der Waals surface area contributed by atoms with Crippen LogP contribution >= 0.6 is 0 Å². The molecule has 1 N–H and O–H groups in total. The third kappa shape index (κ3) is 2.40. The number of amides is 1. The number of hydrogen-bond donors (Lipinski definition) is 1. The van der Waals surface area contributed by atoms with Gasteiger partial charge in [0.15, 0.2) is 5.58 Å². The molecule has 0 atom stereocenters. The lowest BCUT2D eigenvalue weighted by molar-refractivity contribution is -0.115. The summed E-state index contributed by atoms with van der Waals surface area (Å²) in [6, 6.07) is 15.2. The Kier molecular flexibility index (Phi) is 3.21. The van der Waals surface area contributed by atoms with Crippen LogP contribution in [0.1, 0.15) is 11.3 Å². The van der Waals surface area contributed by atoms with Crippen LogP contribution in [0.3, 0.4) is 0 Å². The van der Waals surface area contributed by atoms with Crippen molar-refractivity contribution >= 4 is 22.6 Å². The summed E-state index contributed by atoms with van der Waals surface area (Å²) in [6.45, 7) is 1.96. The molecule has 0 spiro atoms. The first-order valence-electron chi connectivity index (χ1n) is 6.43. The number of para-hydroxylation sites is 2. The molecule has 0 saturated carbocycles. The maximum atomic E-state index is 12.1. The SMILES string of the molecule is Cc1ccccc1NC(=O)Cc1noc2ccccc12. The molecule has 3 aromatic rings. The molecule has 2 aromatic carbocycles. The van der Waals surface area contributed by atoms with Crippen LogP contribution in [0, 0.1) is 6.92 Å². The van der Waals surface area contributed by atoms with Gasteiger partial charge in [-0.05, 0) is 30.7 Å². The van der Waals surface area contributed by atoms with Crippen molar-refractivity contribution in [3.05, 3.63) is 59.8 Å². The Morgan fingerprint density at radius 3 is 2.75 bits per heavy atom. The van der Waals surface area contributed by atoms with Crippen LogP contribution in [-0.4, -0.2) is 11.1 Å². The van der Waals surface area contributed by atoms with Gasteiger partial charge in [-0.1, -0.05) is 35.5 Å². The van der Waals surface area contributed by atoms with Crippen molar-refractivity contribution in [2.45, 2.75) is 13.3 Å². The third-order valence-corrected chi connectivity index (χ3v) is 3.20. The van der Waals surface area contributed by atoms with E-state index in [1.54, 1.807) is 0 Å². The number of hydrogen-bond acceptors (Lipinski definition) is 3. The van der Waals surface area contributed by atoms with Gasteiger partial charge in [0.05, 0.1) is 6.42 Å². The fraction of sp³-hybridized carbons (Fsp3) is 0.125. The molecule has 4 heteroatoms. The van der Waals surface area contributed by atoms with Gasteiger partial charge in [-0.25, -0.2) is 0 Å². The topological polar surface area (TPSA) is 55.1 Å². The van der Waals surface area contributed by atoms with E-state index in [1.165, 1.54) is 0 Å². The first kappa shape index (κ1) is 12.4. The van der Waals surface area contributed by atoms with Crippen molar-refractivity contribution in [1.29, 1.82) is 0 Å². The van der Waals surface area contributed by atoms with Crippen LogP contribution in [0.5, 0.6) is 0 Å². The molecule has 0 aliphatic rings. The van der Waals surface area contributed by atoms with E-state index in [-0.39, 0.29) is 12.3 Å². The second-order valence-electron chi connectivity index (χ2n) is 4.67. The van der Waals surface area contributed by atoms with Gasteiger partial charge in [0.2, 0.25) is 5.91 Å². The van der Waals surface area contributed by atoms with Gasteiger partial charge in [-0.15, -0.1) is 0 Å². The molecule has 0 fully saturated rings. The molecule has 4 nitrogen and oxygen atoms in total. The summed E-state index contributed by atoms with van der Waals surface area (Å²) in [7, 11) is 0. The lowest BCUT2D eigenvalue weighted by Gasteiger charge is -2.06. The summed E-state index contributed by atoms with van der Waals surface area (Å²) in [6.07, 6.45) is 0.200. The standard InChI is InChI=1S/C16H14N2O2/c1-11-6-2-4-8-13(11)17-16(19)10-14-12-7-3-5-9-15(12)20-18-14/h2-9H,10H2,1H3,(H,17,19). The average Bonchev–Trinajstić information content (AvgIpc) is 2.85. The second-order valence-corrected chi connectivity index (χ2v) is 4.67. The predicted octanol–water partition coefficient (Wildman–Crippen LogP) is 3.32. The van der Waals surface area contributed by atoms with E-state index in [9.17, 15) is 4.79 Å². The Bertz CT molecular complexity index is 762. The number of carbonyl (C=O) groups excluding carboxylic acids is 1. The molecule has 20 heavy (non-hydrogen) atoms. The number of carbonyl (C=O) groups is 1. The summed E-state index contributed by atoms with van der Waals surface area (Å²) < 4.78 is 5.19. The quantitative estimate of drug-likeness (QED) is 0.791. The van der Waals surface area contributed by atoms with Crippen molar-refractivity contribution in [3.63, 3.8) is 0 Å². The normalized spacial score (nSPS) is 10.7. The molecule has 0 aliphatic carbocycles. The second kappa shape index (κ2) is 5.17. The van der Waals surface area contributed by atoms with Gasteiger partial charge in [-0.2, -0.15) is 0 Å². The van der Waals surface area contributed by atoms with Gasteiger partial charge in [0, 0.05) is 11.1 Å². The molecule has 0 radical (unpaired) electrons. The maximum Gasteiger partial charge on any atom is 0.230 e. The highest BCUT2D eigenvalue weighted by Crippen LogP contribution is 2.19. The van der Waals surface area contributed by atoms with E-state index >= 15 is 0 Å². The third-order valence-electron chi connectivity index (χ3n) is 3.20. The largest absolute Gasteiger partial charge is 0.356 e. The molecule has 0 bridgehead atoms. The fourth-order valence-corrected chi connectivity index (χ4v) is 2.13. The molecule has 1 amide bonds. The lowest BCUT2D eigenvalue weighted by atomic mass is 10.1. The summed E-state index contributed by atoms with van der Waals surface area (Å²) in [5, 5.41) is 7.74. The Hall–Kier alpha value is -2.62. The van der Waals surface area contributed by atoms with E-state index < -0.39 is 0 Å². The van der Waals surface area contributed by atoms with Crippen LogP contribution < -0.4 is 5.32 Å². The summed E-state index contributed by atoms with van der Waals surface area (Å²) >= 11 is 0. The van der Waals surface area contributed by atoms with E-state index in [0.717, 1.165) is 16.6 Å². The maximum absolute atomic E-state index is 12.1. The van der Waals surface area contributed by atoms with Crippen molar-refractivity contribution in [2.24, 2.45) is 0 Å². The molecule has 100 valence electrons. The number of fused-ring (bicyclic) bond motifs is 1. The highest BCUT2D eigenvalue weighted by atomic mass is 16.5. The highest BCUT2D eigenvalue weighted by Gasteiger charge is 2.12. The number of aryl methyl sites for hydroxylation is 1. The van der Waals surface area contributed by atoms with Gasteiger partial charge in [0.25, 0.3) is 0 Å². The Morgan fingerprint density at radius 2 is 1.90 bits per heavy atom. The van der Waals surface area contributed by atoms with Crippen LogP contribution in [0.25, 0.3) is 11.0 Å². The van der Waals surface area contributed by atoms with Crippen LogP contribution in [0.2, 0.25) is 0 Å². The summed E-state index contributed by atoms with van der Waals surface area (Å²) in [5.74, 6) is -0.0987. The Morgan fingerprint density at radius 1 is 1.15 bits per heavy atom. The van der Waals surface area contributed by atoms with Gasteiger partial charge in [-0.3, -0.25) is 4.79 Å². The molecule has 3 rings (SSSR count). The molecule has 0 aliphatic heterocycles. The van der Waals surface area contributed by atoms with Crippen LogP contribution in [-0.2, 0) is 11.2 Å². The summed E-state index contributed by atoms with van der Waals surface area (Å²) in [4.78, 5) is 12.1. The molecule has 0 unspecified atom stereocenters. The predicted molar refractivity (Wildman–Crippen MR) is 77.5 cm³/mol. The number of aromatic nitrogens is 1. The summed E-state index contributed by atoms with van der Waals surface area (Å²) in [5.41, 5.74) is 3.22. The smallest absolute Gasteiger partial charge is 0.230 e. The zero-order valence-corrected chi connectivity index (χ0v) is 11.1. The zero-order chi connectivity index (χ0) is 13.9. The average molecular weight is 266 g/mol. The number of rotatable bonds is 3. The number of anilines is 1. The minimum absolute atomic E-state index is 0.0987. The highest BCUT2D eigenvalue weighted by molar-refractivity contribution is 5.95. The number of nitrogens with zero attached hydrogens (tertiary/aromatic N) is 1. The first-order valence-corrected chi connectivity index (χ1v) is 6.43. The minimum Gasteiger partial charge on any atom is -0.356 e. The van der Waals surface area contributed by atoms with Crippen LogP contribution in [0.15, 0.2) is 53.1 Å². The van der Waals surface area contributed by atoms with E-state index in [4.69, 9.17) is 4.52 Å². The lowest BCUT2D eigenvalue weighted by Crippen LogP contribution is -2.15. The molecular formula is C16H14N2O2. The fourth-order valence-electron chi connectivity index (χ4n) is 2.13. The van der Waals surface area contributed by atoms with Gasteiger partial charge >= 0.3 is 0 Å².